The first-order valence-electron chi connectivity index (χ1n) is 18.8. The van der Waals surface area contributed by atoms with Crippen LogP contribution in [0.2, 0.25) is 0 Å². The Balaban J connectivity index is 0.000000294. The normalized spacial score (nSPS) is 23.0. The lowest BCUT2D eigenvalue weighted by molar-refractivity contribution is 0.150. The summed E-state index contributed by atoms with van der Waals surface area (Å²) in [5.41, 5.74) is 8.55. The van der Waals surface area contributed by atoms with E-state index in [9.17, 15) is 9.59 Å². The Morgan fingerprint density at radius 1 is 0.692 bits per heavy atom. The van der Waals surface area contributed by atoms with Gasteiger partial charge in [-0.25, -0.2) is 9.59 Å². The monoisotopic (exact) mass is 752 g/mol. The second-order valence-electron chi connectivity index (χ2n) is 14.2. The molecular weight excluding hydrogens is 695 g/mol. The number of amides is 2. The average Bonchev–Trinajstić information content (AvgIpc) is 3.15. The van der Waals surface area contributed by atoms with Gasteiger partial charge in [0.25, 0.3) is 0 Å². The largest absolute Gasteiger partial charge is 0.335 e. The van der Waals surface area contributed by atoms with Gasteiger partial charge in [0.1, 0.15) is 0 Å². The third kappa shape index (κ3) is 16.0. The van der Waals surface area contributed by atoms with Crippen LogP contribution in [0.1, 0.15) is 101 Å². The molecule has 2 saturated heterocycles. The molecule has 2 aliphatic carbocycles. The highest BCUT2D eigenvalue weighted by atomic mass is 35.5. The number of isocyanates is 1. The summed E-state index contributed by atoms with van der Waals surface area (Å²) in [5.74, 6) is 1.35. The molecule has 4 fully saturated rings. The maximum atomic E-state index is 12.4. The highest BCUT2D eigenvalue weighted by Gasteiger charge is 2.29. The molecule has 10 nitrogen and oxygen atoms in total. The highest BCUT2D eigenvalue weighted by molar-refractivity contribution is 5.89. The summed E-state index contributed by atoms with van der Waals surface area (Å²) in [7, 11) is 0. The number of carbonyl (C=O) groups is 1. The van der Waals surface area contributed by atoms with Crippen LogP contribution >= 0.6 is 24.8 Å². The number of urea groups is 1. The van der Waals surface area contributed by atoms with Crippen molar-refractivity contribution in [1.29, 1.82) is 10.5 Å². The molecule has 4 aliphatic rings. The van der Waals surface area contributed by atoms with E-state index in [0.29, 0.717) is 28.8 Å². The van der Waals surface area contributed by atoms with Gasteiger partial charge in [0.2, 0.25) is 6.08 Å². The number of carbonyl (C=O) groups excluding carboxylic acids is 2. The first kappa shape index (κ1) is 44.7. The maximum Gasteiger partial charge on any atom is 0.319 e. The minimum Gasteiger partial charge on any atom is -0.335 e. The summed E-state index contributed by atoms with van der Waals surface area (Å²) < 4.78 is 0. The Morgan fingerprint density at radius 2 is 1.17 bits per heavy atom. The van der Waals surface area contributed by atoms with Gasteiger partial charge in [0, 0.05) is 30.9 Å². The zero-order chi connectivity index (χ0) is 35.4. The van der Waals surface area contributed by atoms with E-state index in [2.05, 4.69) is 31.5 Å². The molecule has 0 spiro atoms. The lowest BCUT2D eigenvalue weighted by Gasteiger charge is -2.37. The molecule has 4 atom stereocenters. The number of rotatable bonds is 7. The quantitative estimate of drug-likeness (QED) is 0.191. The van der Waals surface area contributed by atoms with Crippen LogP contribution in [0.15, 0.2) is 53.5 Å². The molecule has 0 bridgehead atoms. The second-order valence-corrected chi connectivity index (χ2v) is 14.2. The van der Waals surface area contributed by atoms with Crippen molar-refractivity contribution in [2.75, 3.05) is 44.6 Å². The molecule has 52 heavy (non-hydrogen) atoms. The summed E-state index contributed by atoms with van der Waals surface area (Å²) in [6, 6.07) is 18.0. The molecule has 2 heterocycles. The van der Waals surface area contributed by atoms with Crippen molar-refractivity contribution in [3.05, 3.63) is 59.7 Å². The zero-order valence-corrected chi connectivity index (χ0v) is 32.1. The van der Waals surface area contributed by atoms with Crippen molar-refractivity contribution in [1.82, 2.24) is 15.1 Å². The van der Waals surface area contributed by atoms with E-state index in [4.69, 9.17) is 16.3 Å². The van der Waals surface area contributed by atoms with E-state index in [1.807, 2.05) is 6.07 Å². The Labute approximate surface area is 323 Å². The van der Waals surface area contributed by atoms with Crippen molar-refractivity contribution in [3.8, 4) is 12.1 Å². The van der Waals surface area contributed by atoms with Crippen molar-refractivity contribution in [2.24, 2.45) is 22.6 Å². The minimum atomic E-state index is -0.139. The third-order valence-corrected chi connectivity index (χ3v) is 10.5. The van der Waals surface area contributed by atoms with E-state index >= 15 is 0 Å². The topological polar surface area (TPSA) is 151 Å². The average molecular weight is 754 g/mol. The fourth-order valence-corrected chi connectivity index (χ4v) is 7.65. The smallest absolute Gasteiger partial charge is 0.319 e. The van der Waals surface area contributed by atoms with E-state index in [1.165, 1.54) is 122 Å². The number of aliphatic imine (C=N–C) groups is 1. The van der Waals surface area contributed by atoms with Crippen LogP contribution in [0.3, 0.4) is 0 Å². The molecule has 2 amide bonds. The van der Waals surface area contributed by atoms with E-state index in [1.54, 1.807) is 48.5 Å². The number of benzene rings is 2. The molecule has 284 valence electrons. The van der Waals surface area contributed by atoms with Crippen molar-refractivity contribution in [3.63, 3.8) is 0 Å². The SMILES string of the molecule is Cl.Cl.N#Cc1ccc(N=C=O)cc1.N#Cc1ccc(NC(=O)N[C@@H]2CCCC[C@H]2CN2CCCCC2)cc1.N[C@@H]1CCCC[C@H]1CN1CCCCC1. The summed E-state index contributed by atoms with van der Waals surface area (Å²) >= 11 is 0. The van der Waals surface area contributed by atoms with Crippen LogP contribution in [0, 0.1) is 34.5 Å². The fraction of sp³-hybridized carbons (Fsp3) is 0.600. The Kier molecular flexibility index (Phi) is 21.9. The van der Waals surface area contributed by atoms with Gasteiger partial charge in [-0.1, -0.05) is 38.5 Å². The lowest BCUT2D eigenvalue weighted by atomic mass is 9.84. The molecule has 2 aromatic rings. The zero-order valence-electron chi connectivity index (χ0n) is 30.5. The van der Waals surface area contributed by atoms with Gasteiger partial charge in [-0.3, -0.25) is 0 Å². The number of likely N-dealkylation sites (tertiary alicyclic amines) is 2. The van der Waals surface area contributed by atoms with Crippen molar-refractivity contribution < 1.29 is 9.59 Å². The van der Waals surface area contributed by atoms with Crippen LogP contribution in [-0.4, -0.2) is 73.3 Å². The molecular formula is C40H58Cl2N8O2. The molecule has 0 unspecified atom stereocenters. The minimum absolute atomic E-state index is 0. The standard InChI is InChI=1S/C20H28N4O.C12H24N2.C8H4N2O.2ClH/c21-14-16-8-10-18(11-9-16)22-20(25)23-19-7-3-2-6-17(19)15-24-12-4-1-5-13-24;13-12-7-3-2-6-11(12)10-14-8-4-1-5-9-14;9-5-7-1-3-8(4-2-7)10-6-11;;/h8-11,17,19H,1-7,12-13,15H2,(H2,22,23,25);11-12H,1-10,13H2;1-4H;2*1H/t17-,19+;11-,12+;;;/m00.../s1. The molecule has 6 rings (SSSR count). The van der Waals surface area contributed by atoms with Crippen LogP contribution in [0.25, 0.3) is 0 Å². The van der Waals surface area contributed by atoms with Gasteiger partial charge in [0.05, 0.1) is 29.0 Å². The van der Waals surface area contributed by atoms with E-state index in [0.717, 1.165) is 24.6 Å². The number of halogens is 2. The molecule has 0 aromatic heterocycles. The van der Waals surface area contributed by atoms with Gasteiger partial charge in [-0.15, -0.1) is 24.8 Å². The predicted molar refractivity (Wildman–Crippen MR) is 213 cm³/mol. The number of hydrogen-bond donors (Lipinski definition) is 3. The number of nitrogens with zero attached hydrogens (tertiary/aromatic N) is 5. The number of hydrogen-bond acceptors (Lipinski definition) is 8. The number of nitriles is 2. The van der Waals surface area contributed by atoms with Gasteiger partial charge in [0.15, 0.2) is 0 Å². The first-order valence-corrected chi connectivity index (χ1v) is 18.8. The summed E-state index contributed by atoms with van der Waals surface area (Å²) in [6.07, 6.45) is 19.8. The summed E-state index contributed by atoms with van der Waals surface area (Å²) in [5, 5.41) is 23.3. The summed E-state index contributed by atoms with van der Waals surface area (Å²) in [6.45, 7) is 7.46. The van der Waals surface area contributed by atoms with Crippen molar-refractivity contribution in [2.45, 2.75) is 102 Å². The molecule has 2 aromatic carbocycles. The number of nitrogens with one attached hydrogen (secondary N) is 2. The van der Waals surface area contributed by atoms with Gasteiger partial charge in [-0.05, 0) is 138 Å². The predicted octanol–water partition coefficient (Wildman–Crippen LogP) is 8.08. The molecule has 12 heteroatoms. The number of nitrogens with two attached hydrogens (primary N) is 1. The van der Waals surface area contributed by atoms with E-state index in [-0.39, 0.29) is 36.9 Å². The van der Waals surface area contributed by atoms with Crippen LogP contribution in [0.4, 0.5) is 16.2 Å². The van der Waals surface area contributed by atoms with Gasteiger partial charge in [-0.2, -0.15) is 15.5 Å². The fourth-order valence-electron chi connectivity index (χ4n) is 7.65. The summed E-state index contributed by atoms with van der Waals surface area (Å²) in [4.78, 5) is 30.7. The number of piperidine rings is 2. The molecule has 0 radical (unpaired) electrons. The lowest BCUT2D eigenvalue weighted by Crippen LogP contribution is -2.48. The van der Waals surface area contributed by atoms with Gasteiger partial charge < -0.3 is 26.2 Å². The molecule has 4 N–H and O–H groups in total. The number of anilines is 1. The highest BCUT2D eigenvalue weighted by Crippen LogP contribution is 2.27. The van der Waals surface area contributed by atoms with Gasteiger partial charge >= 0.3 is 6.03 Å². The Hall–Kier alpha value is -3.47. The van der Waals surface area contributed by atoms with Crippen molar-refractivity contribution >= 4 is 48.3 Å². The van der Waals surface area contributed by atoms with Crippen LogP contribution in [0.5, 0.6) is 0 Å². The Morgan fingerprint density at radius 3 is 1.69 bits per heavy atom. The Bertz CT molecular complexity index is 1430. The maximum absolute atomic E-state index is 12.4. The molecule has 2 aliphatic heterocycles. The first-order chi connectivity index (χ1) is 24.5. The third-order valence-electron chi connectivity index (χ3n) is 10.5. The van der Waals surface area contributed by atoms with E-state index < -0.39 is 0 Å². The van der Waals surface area contributed by atoms with Crippen LogP contribution < -0.4 is 16.4 Å². The second kappa shape index (κ2) is 25.5. The van der Waals surface area contributed by atoms with Crippen LogP contribution in [-0.2, 0) is 4.79 Å². The molecule has 2 saturated carbocycles.